The van der Waals surface area contributed by atoms with Gasteiger partial charge in [0, 0.05) is 51.9 Å². The molecule has 0 aromatic rings. The maximum atomic E-state index is 12.2. The third-order valence-corrected chi connectivity index (χ3v) is 3.41. The first-order valence-electron chi connectivity index (χ1n) is 6.12. The maximum absolute atomic E-state index is 12.2. The number of carbonyl (C=O) groups excluding carboxylic acids is 1. The summed E-state index contributed by atoms with van der Waals surface area (Å²) in [7, 11) is 2.11. The minimum Gasteiger partial charge on any atom is -0.322 e. The van der Waals surface area contributed by atoms with Crippen molar-refractivity contribution in [1.29, 1.82) is 0 Å². The van der Waals surface area contributed by atoms with E-state index in [-0.39, 0.29) is 6.03 Å². The molecule has 92 valence electrons. The number of hydrogen-bond donors (Lipinski definition) is 1. The van der Waals surface area contributed by atoms with Gasteiger partial charge in [0.15, 0.2) is 0 Å². The van der Waals surface area contributed by atoms with Gasteiger partial charge in [0.2, 0.25) is 0 Å². The highest BCUT2D eigenvalue weighted by Crippen LogP contribution is 2.07. The number of urea groups is 1. The van der Waals surface area contributed by atoms with Gasteiger partial charge >= 0.3 is 6.03 Å². The lowest BCUT2D eigenvalue weighted by molar-refractivity contribution is 0.113. The van der Waals surface area contributed by atoms with Gasteiger partial charge in [-0.1, -0.05) is 0 Å². The van der Waals surface area contributed by atoms with E-state index in [0.717, 1.165) is 45.8 Å². The van der Waals surface area contributed by atoms with Crippen molar-refractivity contribution in [3.63, 3.8) is 0 Å². The molecule has 0 radical (unpaired) electrons. The first-order valence-corrected chi connectivity index (χ1v) is 6.12. The van der Waals surface area contributed by atoms with Gasteiger partial charge in [-0.15, -0.1) is 0 Å². The highest BCUT2D eigenvalue weighted by atomic mass is 16.2. The fourth-order valence-electron chi connectivity index (χ4n) is 2.30. The molecule has 2 saturated heterocycles. The second-order valence-corrected chi connectivity index (χ2v) is 4.87. The molecule has 0 bridgehead atoms. The van der Waals surface area contributed by atoms with Crippen LogP contribution in [0.1, 0.15) is 6.92 Å². The van der Waals surface area contributed by atoms with E-state index >= 15 is 0 Å². The molecule has 0 aromatic heterocycles. The molecule has 1 N–H and O–H groups in total. The minimum atomic E-state index is 0.224. The van der Waals surface area contributed by atoms with Crippen LogP contribution in [0.3, 0.4) is 0 Å². The van der Waals surface area contributed by atoms with Gasteiger partial charge in [0.05, 0.1) is 0 Å². The fraction of sp³-hybridized carbons (Fsp3) is 0.909. The van der Waals surface area contributed by atoms with Crippen LogP contribution < -0.4 is 5.32 Å². The molecule has 0 aliphatic carbocycles. The number of rotatable bonds is 0. The molecule has 2 amide bonds. The van der Waals surface area contributed by atoms with Gasteiger partial charge in [-0.25, -0.2) is 4.79 Å². The number of likely N-dealkylation sites (N-methyl/N-ethyl adjacent to an activating group) is 1. The van der Waals surface area contributed by atoms with Crippen LogP contribution in [-0.2, 0) is 0 Å². The molecule has 16 heavy (non-hydrogen) atoms. The van der Waals surface area contributed by atoms with E-state index in [0.29, 0.717) is 6.04 Å². The van der Waals surface area contributed by atoms with Crippen molar-refractivity contribution in [2.75, 3.05) is 52.9 Å². The molecule has 2 aliphatic rings. The summed E-state index contributed by atoms with van der Waals surface area (Å²) < 4.78 is 0. The van der Waals surface area contributed by atoms with Gasteiger partial charge in [-0.05, 0) is 14.0 Å². The second-order valence-electron chi connectivity index (χ2n) is 4.87. The maximum Gasteiger partial charge on any atom is 0.320 e. The van der Waals surface area contributed by atoms with E-state index < -0.39 is 0 Å². The predicted molar refractivity (Wildman–Crippen MR) is 63.5 cm³/mol. The lowest BCUT2D eigenvalue weighted by Gasteiger charge is -2.39. The van der Waals surface area contributed by atoms with Crippen molar-refractivity contribution in [3.05, 3.63) is 0 Å². The molecule has 0 saturated carbocycles. The Bertz CT molecular complexity index is 250. The molecule has 0 spiro atoms. The first kappa shape index (κ1) is 11.7. The lowest BCUT2D eigenvalue weighted by atomic mass is 10.2. The van der Waals surface area contributed by atoms with Gasteiger partial charge in [0.1, 0.15) is 0 Å². The number of nitrogens with zero attached hydrogens (tertiary/aromatic N) is 3. The lowest BCUT2D eigenvalue weighted by Crippen LogP contribution is -2.57. The van der Waals surface area contributed by atoms with Crippen molar-refractivity contribution in [2.24, 2.45) is 0 Å². The summed E-state index contributed by atoms with van der Waals surface area (Å²) in [6, 6.07) is 0.645. The monoisotopic (exact) mass is 226 g/mol. The average molecular weight is 226 g/mol. The van der Waals surface area contributed by atoms with Crippen LogP contribution in [0, 0.1) is 0 Å². The van der Waals surface area contributed by atoms with Crippen molar-refractivity contribution in [2.45, 2.75) is 13.0 Å². The Balaban J connectivity index is 1.86. The molecule has 2 fully saturated rings. The van der Waals surface area contributed by atoms with Crippen molar-refractivity contribution < 1.29 is 4.79 Å². The predicted octanol–water partition coefficient (Wildman–Crippen LogP) is -0.352. The topological polar surface area (TPSA) is 38.8 Å². The van der Waals surface area contributed by atoms with Crippen LogP contribution >= 0.6 is 0 Å². The van der Waals surface area contributed by atoms with E-state index in [1.54, 1.807) is 0 Å². The average Bonchev–Trinajstić information content (AvgIpc) is 2.29. The molecular formula is C11H22N4O. The number of carbonyl (C=O) groups is 1. The molecule has 2 aliphatic heterocycles. The molecular weight excluding hydrogens is 204 g/mol. The Morgan fingerprint density at radius 3 is 2.44 bits per heavy atom. The Hall–Kier alpha value is -0.810. The third-order valence-electron chi connectivity index (χ3n) is 3.41. The summed E-state index contributed by atoms with van der Waals surface area (Å²) in [5, 5.41) is 3.36. The van der Waals surface area contributed by atoms with Crippen LogP contribution in [0.25, 0.3) is 0 Å². The standard InChI is InChI=1S/C11H22N4O/c1-10-9-15(4-3-12-10)11(16)14-7-5-13(2)6-8-14/h10,12H,3-9H2,1-2H3/t10-/m0/s1. The minimum absolute atomic E-state index is 0.224. The Morgan fingerprint density at radius 1 is 1.12 bits per heavy atom. The van der Waals surface area contributed by atoms with Gasteiger partial charge < -0.3 is 20.0 Å². The Kier molecular flexibility index (Phi) is 3.66. The number of amides is 2. The summed E-state index contributed by atoms with van der Waals surface area (Å²) in [5.41, 5.74) is 0. The van der Waals surface area contributed by atoms with Crippen LogP contribution in [0.5, 0.6) is 0 Å². The largest absolute Gasteiger partial charge is 0.322 e. The summed E-state index contributed by atoms with van der Waals surface area (Å²) in [4.78, 5) is 18.4. The zero-order valence-electron chi connectivity index (χ0n) is 10.3. The van der Waals surface area contributed by atoms with E-state index in [2.05, 4.69) is 24.2 Å². The molecule has 2 heterocycles. The first-order chi connectivity index (χ1) is 7.66. The van der Waals surface area contributed by atoms with Gasteiger partial charge in [-0.2, -0.15) is 0 Å². The van der Waals surface area contributed by atoms with Crippen LogP contribution in [0.2, 0.25) is 0 Å². The molecule has 5 heteroatoms. The van der Waals surface area contributed by atoms with Crippen LogP contribution in [0.4, 0.5) is 4.79 Å². The summed E-state index contributed by atoms with van der Waals surface area (Å²) >= 11 is 0. The van der Waals surface area contributed by atoms with E-state index in [1.807, 2.05) is 9.80 Å². The number of hydrogen-bond acceptors (Lipinski definition) is 3. The quantitative estimate of drug-likeness (QED) is 0.613. The van der Waals surface area contributed by atoms with E-state index in [1.165, 1.54) is 0 Å². The van der Waals surface area contributed by atoms with Crippen molar-refractivity contribution >= 4 is 6.03 Å². The molecule has 0 unspecified atom stereocenters. The van der Waals surface area contributed by atoms with Crippen molar-refractivity contribution in [3.8, 4) is 0 Å². The third kappa shape index (κ3) is 2.65. The smallest absolute Gasteiger partial charge is 0.320 e. The van der Waals surface area contributed by atoms with Crippen molar-refractivity contribution in [1.82, 2.24) is 20.0 Å². The number of piperazine rings is 2. The molecule has 1 atom stereocenters. The van der Waals surface area contributed by atoms with E-state index in [4.69, 9.17) is 0 Å². The fourth-order valence-corrected chi connectivity index (χ4v) is 2.30. The number of nitrogens with one attached hydrogen (secondary N) is 1. The molecule has 2 rings (SSSR count). The van der Waals surface area contributed by atoms with E-state index in [9.17, 15) is 4.79 Å². The summed E-state index contributed by atoms with van der Waals surface area (Å²) in [6.45, 7) is 8.45. The van der Waals surface area contributed by atoms with Crippen LogP contribution in [0.15, 0.2) is 0 Å². The summed E-state index contributed by atoms with van der Waals surface area (Å²) in [5.74, 6) is 0. The Morgan fingerprint density at radius 2 is 1.81 bits per heavy atom. The SMILES string of the molecule is C[C@H]1CN(C(=O)N2CCN(C)CC2)CCN1. The highest BCUT2D eigenvalue weighted by Gasteiger charge is 2.26. The van der Waals surface area contributed by atoms with Gasteiger partial charge in [-0.3, -0.25) is 0 Å². The molecule has 5 nitrogen and oxygen atoms in total. The van der Waals surface area contributed by atoms with Gasteiger partial charge in [0.25, 0.3) is 0 Å². The second kappa shape index (κ2) is 5.01. The Labute approximate surface area is 97.4 Å². The normalized spacial score (nSPS) is 28.2. The zero-order valence-corrected chi connectivity index (χ0v) is 10.3. The summed E-state index contributed by atoms with van der Waals surface area (Å²) in [6.07, 6.45) is 0. The van der Waals surface area contributed by atoms with Crippen LogP contribution in [-0.4, -0.2) is 79.6 Å². The highest BCUT2D eigenvalue weighted by molar-refractivity contribution is 5.74. The zero-order chi connectivity index (χ0) is 11.5. The molecule has 0 aromatic carbocycles.